The predicted molar refractivity (Wildman–Crippen MR) is 359 cm³/mol. The number of hydrogen-bond acceptors (Lipinski definition) is 47. The van der Waals surface area contributed by atoms with Crippen LogP contribution in [0.2, 0.25) is 0 Å². The van der Waals surface area contributed by atoms with Gasteiger partial charge in [-0.2, -0.15) is 0 Å². The van der Waals surface area contributed by atoms with E-state index < -0.39 is 371 Å². The average molecular weight is 1710 g/mol. The van der Waals surface area contributed by atoms with Crippen molar-refractivity contribution in [3.63, 3.8) is 0 Å². The van der Waals surface area contributed by atoms with E-state index in [9.17, 15) is 157 Å². The van der Waals surface area contributed by atoms with Crippen LogP contribution in [0.15, 0.2) is 0 Å². The van der Waals surface area contributed by atoms with E-state index in [4.69, 9.17) is 80.5 Å². The zero-order chi connectivity index (χ0) is 86.6. The lowest BCUT2D eigenvalue weighted by atomic mass is 9.88. The monoisotopic (exact) mass is 1710 g/mol. The fourth-order valence-electron chi connectivity index (χ4n) is 14.9. The van der Waals surface area contributed by atoms with E-state index in [1.54, 1.807) is 0 Å². The minimum Gasteiger partial charge on any atom is -0.477 e. The minimum atomic E-state index is -3.27. The largest absolute Gasteiger partial charge is 0.477 e. The summed E-state index contributed by atoms with van der Waals surface area (Å²) in [4.78, 5) is 65.1. The lowest BCUT2D eigenvalue weighted by Crippen LogP contribution is -2.71. The second-order valence-electron chi connectivity index (χ2n) is 29.6. The van der Waals surface area contributed by atoms with Crippen molar-refractivity contribution in [3.8, 4) is 0 Å². The molecule has 0 radical (unpaired) electrons. The molecule has 0 aromatic carbocycles. The molecule has 52 heteroatoms. The van der Waals surface area contributed by atoms with Crippen LogP contribution in [0.4, 0.5) is 0 Å². The highest BCUT2D eigenvalue weighted by Gasteiger charge is 2.63. The molecule has 9 fully saturated rings. The fourth-order valence-corrected chi connectivity index (χ4v) is 14.9. The molecule has 0 aromatic rings. The van der Waals surface area contributed by atoms with E-state index in [1.807, 2.05) is 0 Å². The molecular weight excluding hydrogens is 1600 g/mol. The number of aliphatic carboxylic acids is 1. The van der Waals surface area contributed by atoms with Crippen LogP contribution in [-0.4, -0.2) is 497 Å². The van der Waals surface area contributed by atoms with E-state index in [-0.39, 0.29) is 0 Å². The van der Waals surface area contributed by atoms with Crippen LogP contribution in [0.25, 0.3) is 0 Å². The number of hydrogen-bond donors (Lipinski definition) is 30. The lowest BCUT2D eigenvalue weighted by molar-refractivity contribution is -0.418. The molecule has 52 nitrogen and oxygen atoms in total. The van der Waals surface area contributed by atoms with Gasteiger partial charge < -0.3 is 235 Å². The predicted octanol–water partition coefficient (Wildman–Crippen LogP) is -19.8. The van der Waals surface area contributed by atoms with Gasteiger partial charge in [-0.05, 0) is 13.8 Å². The first kappa shape index (κ1) is 96.5. The Balaban J connectivity index is 1.19. The summed E-state index contributed by atoms with van der Waals surface area (Å²) in [6.45, 7) is -4.65. The summed E-state index contributed by atoms with van der Waals surface area (Å²) in [5, 5.41) is 299. The van der Waals surface area contributed by atoms with Crippen LogP contribution in [0.1, 0.15) is 41.0 Å². The van der Waals surface area contributed by atoms with E-state index in [0.29, 0.717) is 0 Å². The standard InChI is InChI=1S/C65H108N4O48/c1-15-33(82)43(92)46(95)59(103-15)115-54-52(113-58-32(68-19(5)78)50(38(87)24(10-73)107-58)111-61-48(97)45(94)37(86)23(9-72)108-61)39(88)25(11-74)109-62(54)114-53-41(90)26(13-101-57-30(66-17(3)76)42(91)36(85)22(8-71)106-57)110-63(55(53)116-60-47(96)44(93)34(83)16(2)104-60)112-49-31(67-18(4)77)56(98)105-27(40(49)89)14-102-65(64(99)100)6-20(79)29(69-28(81)12-75)51(117-65)35(84)21(80)7-70/h15-16,20-27,29-63,70-75,79-80,82-98H,6-14H2,1-5H3,(H,66,76)(H,67,77)(H,68,78)(H,69,81)(H,99,100)/t15-,16-,20-,21+,22+,23+,24+,25+,26+,27+,29+,30+,31+,32+,33+,34+,35+,36+,37-,38-,39-,40-,41-,42+,43+,44+,45-,46-,47-,48+,49+,50+,51+,52-,53-,54+,55+,56?,57+,58+,59-,60-,61+,62-,63-,65+/m0/s1. The summed E-state index contributed by atoms with van der Waals surface area (Å²) in [7, 11) is 0. The van der Waals surface area contributed by atoms with Gasteiger partial charge in [-0.3, -0.25) is 19.2 Å². The Morgan fingerprint density at radius 2 is 0.761 bits per heavy atom. The number of aliphatic hydroxyl groups excluding tert-OH is 25. The highest BCUT2D eigenvalue weighted by molar-refractivity contribution is 5.78. The molecule has 676 valence electrons. The molecule has 0 aliphatic carbocycles. The Morgan fingerprint density at radius 1 is 0.385 bits per heavy atom. The first-order chi connectivity index (χ1) is 55.1. The Bertz CT molecular complexity index is 3190. The average Bonchev–Trinajstić information content (AvgIpc) is 0.756. The van der Waals surface area contributed by atoms with Crippen molar-refractivity contribution >= 4 is 29.6 Å². The summed E-state index contributed by atoms with van der Waals surface area (Å²) in [5.41, 5.74) is 0. The number of carboxylic acid groups (broad SMARTS) is 1. The first-order valence-corrected chi connectivity index (χ1v) is 37.1. The van der Waals surface area contributed by atoms with Gasteiger partial charge in [0.1, 0.15) is 208 Å². The molecule has 9 saturated heterocycles. The molecule has 46 atom stereocenters. The molecule has 4 amide bonds. The minimum absolute atomic E-state index is 0.864. The van der Waals surface area contributed by atoms with Crippen molar-refractivity contribution in [1.82, 2.24) is 21.3 Å². The normalized spacial score (nSPS) is 47.9. The number of aliphatic hydroxyl groups is 25. The first-order valence-electron chi connectivity index (χ1n) is 37.1. The Kier molecular flexibility index (Phi) is 34.2. The molecule has 9 aliphatic heterocycles. The third kappa shape index (κ3) is 21.4. The molecule has 9 rings (SSSR count). The molecule has 9 aliphatic rings. The van der Waals surface area contributed by atoms with Gasteiger partial charge in [-0.15, -0.1) is 0 Å². The van der Waals surface area contributed by atoms with Gasteiger partial charge in [0.2, 0.25) is 23.6 Å². The third-order valence-corrected chi connectivity index (χ3v) is 21.4. The van der Waals surface area contributed by atoms with Crippen LogP contribution < -0.4 is 21.3 Å². The molecule has 9 heterocycles. The number of ether oxygens (including phenoxy) is 17. The van der Waals surface area contributed by atoms with E-state index in [0.717, 1.165) is 27.7 Å². The molecule has 30 N–H and O–H groups in total. The van der Waals surface area contributed by atoms with Crippen LogP contribution >= 0.6 is 0 Å². The van der Waals surface area contributed by atoms with Crippen LogP contribution in [0.3, 0.4) is 0 Å². The number of rotatable bonds is 31. The molecule has 0 saturated carbocycles. The van der Waals surface area contributed by atoms with Gasteiger partial charge in [-0.25, -0.2) is 4.79 Å². The number of nitrogens with one attached hydrogen (secondary N) is 4. The molecule has 0 aromatic heterocycles. The maximum atomic E-state index is 13.4. The van der Waals surface area contributed by atoms with Crippen molar-refractivity contribution in [2.45, 2.75) is 323 Å². The second kappa shape index (κ2) is 41.4. The zero-order valence-electron chi connectivity index (χ0n) is 63.0. The van der Waals surface area contributed by atoms with Gasteiger partial charge in [0.15, 0.2) is 50.3 Å². The lowest BCUT2D eigenvalue weighted by Gasteiger charge is -2.53. The maximum absolute atomic E-state index is 13.4. The van der Waals surface area contributed by atoms with E-state index in [1.165, 1.54) is 6.92 Å². The van der Waals surface area contributed by atoms with Gasteiger partial charge in [0, 0.05) is 27.2 Å². The summed E-state index contributed by atoms with van der Waals surface area (Å²) < 4.78 is 103. The highest BCUT2D eigenvalue weighted by Crippen LogP contribution is 2.42. The quantitative estimate of drug-likeness (QED) is 0.0306. The fraction of sp³-hybridized carbons (Fsp3) is 0.923. The van der Waals surface area contributed by atoms with Crippen LogP contribution in [-0.2, 0) is 104 Å². The van der Waals surface area contributed by atoms with Crippen molar-refractivity contribution in [2.75, 3.05) is 52.9 Å². The Morgan fingerprint density at radius 3 is 1.26 bits per heavy atom. The summed E-state index contributed by atoms with van der Waals surface area (Å²) in [6, 6.07) is -7.88. The second-order valence-corrected chi connectivity index (χ2v) is 29.6. The molecule has 0 spiro atoms. The van der Waals surface area contributed by atoms with Gasteiger partial charge >= 0.3 is 5.97 Å². The zero-order valence-corrected chi connectivity index (χ0v) is 63.0. The Labute approximate surface area is 662 Å². The Hall–Kier alpha value is -4.33. The van der Waals surface area contributed by atoms with Gasteiger partial charge in [0.25, 0.3) is 5.79 Å². The topological polar surface area (TPSA) is 816 Å². The third-order valence-electron chi connectivity index (χ3n) is 21.4. The molecule has 117 heavy (non-hydrogen) atoms. The number of carbonyl (C=O) groups excluding carboxylic acids is 4. The summed E-state index contributed by atoms with van der Waals surface area (Å²) in [6.07, 6.45) is -92.1. The summed E-state index contributed by atoms with van der Waals surface area (Å²) in [5.74, 6) is -9.63. The van der Waals surface area contributed by atoms with Gasteiger partial charge in [0.05, 0.1) is 70.6 Å². The smallest absolute Gasteiger partial charge is 0.364 e. The van der Waals surface area contributed by atoms with E-state index in [2.05, 4.69) is 21.3 Å². The van der Waals surface area contributed by atoms with E-state index >= 15 is 0 Å². The van der Waals surface area contributed by atoms with Crippen molar-refractivity contribution in [2.24, 2.45) is 0 Å². The highest BCUT2D eigenvalue weighted by atomic mass is 16.8. The number of amides is 4. The number of carboxylic acids is 1. The van der Waals surface area contributed by atoms with Gasteiger partial charge in [-0.1, -0.05) is 0 Å². The molecular formula is C65H108N4O48. The van der Waals surface area contributed by atoms with Crippen LogP contribution in [0, 0.1) is 0 Å². The van der Waals surface area contributed by atoms with Crippen molar-refractivity contribution in [1.29, 1.82) is 0 Å². The van der Waals surface area contributed by atoms with Crippen molar-refractivity contribution in [3.05, 3.63) is 0 Å². The maximum Gasteiger partial charge on any atom is 0.364 e. The molecule has 0 bridgehead atoms. The number of carbonyl (C=O) groups is 5. The van der Waals surface area contributed by atoms with Crippen molar-refractivity contribution < 1.29 is 237 Å². The van der Waals surface area contributed by atoms with Crippen LogP contribution in [0.5, 0.6) is 0 Å². The molecule has 1 unspecified atom stereocenters. The summed E-state index contributed by atoms with van der Waals surface area (Å²) >= 11 is 0. The SMILES string of the molecule is CC(=O)N[C@H]1[C@H](OC[C@H]2O[C@@H](O[C@H]3[C@@H](O)[C@@H](CO[C@]4(C(=O)O)C[C@H](O)[C@@H](NC(=O)CO)[C@H]([C@H](O)[C@H](O)CO)O4)OC(O)[C@@H]3NC(C)=O)[C@H](O[C@@H]3O[C@@H](C)[C@@H](O)[C@@H](O)[C@@H]3O)[C@@H](O[C@@H]3O[C@H](CO)[C@H](O)[C@H](O[C@H]4O[C@H](CO)[C@H](O)[C@H](O[C@H]5O[C@H](CO)[C@H](O)[C@H](O)[C@H]5O)[C@H]4NC(C)=O)[C@H]3O[C@@H]3O[C@@H](C)[C@@H](O)[C@@H](O)[C@@H]3O)[C@H]2O)O[C@H](CO)[C@@H](O)[C@@H]1O.